The largest absolute Gasteiger partial charge is 0.385 e. The SMILES string of the molecule is CC(=O)CCCNc1ccc(C)c(C)c1. The maximum Gasteiger partial charge on any atom is 0.129 e. The summed E-state index contributed by atoms with van der Waals surface area (Å²) in [6, 6.07) is 6.34. The first-order valence-corrected chi connectivity index (χ1v) is 5.40. The molecule has 1 rings (SSSR count). The van der Waals surface area contributed by atoms with Gasteiger partial charge in [-0.2, -0.15) is 0 Å². The Labute approximate surface area is 91.7 Å². The van der Waals surface area contributed by atoms with Crippen LogP contribution >= 0.6 is 0 Å². The van der Waals surface area contributed by atoms with Crippen molar-refractivity contribution < 1.29 is 4.79 Å². The number of rotatable bonds is 5. The minimum Gasteiger partial charge on any atom is -0.385 e. The van der Waals surface area contributed by atoms with Crippen LogP contribution < -0.4 is 5.32 Å². The second-order valence-electron chi connectivity index (χ2n) is 4.03. The van der Waals surface area contributed by atoms with Crippen molar-refractivity contribution in [3.05, 3.63) is 29.3 Å². The molecule has 0 bridgehead atoms. The van der Waals surface area contributed by atoms with Crippen molar-refractivity contribution in [3.63, 3.8) is 0 Å². The van der Waals surface area contributed by atoms with Gasteiger partial charge in [-0.05, 0) is 50.5 Å². The van der Waals surface area contributed by atoms with E-state index < -0.39 is 0 Å². The lowest BCUT2D eigenvalue weighted by atomic mass is 10.1. The first-order chi connectivity index (χ1) is 7.09. The molecule has 1 aromatic carbocycles. The van der Waals surface area contributed by atoms with E-state index in [1.165, 1.54) is 11.1 Å². The quantitative estimate of drug-likeness (QED) is 0.748. The normalized spacial score (nSPS) is 10.1. The molecule has 2 nitrogen and oxygen atoms in total. The molecule has 0 radical (unpaired) electrons. The fraction of sp³-hybridized carbons (Fsp3) is 0.462. The van der Waals surface area contributed by atoms with E-state index in [1.54, 1.807) is 6.92 Å². The Hall–Kier alpha value is -1.31. The molecule has 0 aliphatic rings. The average molecular weight is 205 g/mol. The molecular formula is C13H19NO. The van der Waals surface area contributed by atoms with E-state index in [-0.39, 0.29) is 5.78 Å². The minimum atomic E-state index is 0.261. The lowest BCUT2D eigenvalue weighted by Crippen LogP contribution is -2.03. The van der Waals surface area contributed by atoms with Crippen LogP contribution in [0.2, 0.25) is 0 Å². The van der Waals surface area contributed by atoms with Gasteiger partial charge in [0.25, 0.3) is 0 Å². The van der Waals surface area contributed by atoms with Crippen molar-refractivity contribution in [1.82, 2.24) is 0 Å². The van der Waals surface area contributed by atoms with Gasteiger partial charge < -0.3 is 10.1 Å². The number of ketones is 1. The van der Waals surface area contributed by atoms with Crippen molar-refractivity contribution in [2.45, 2.75) is 33.6 Å². The number of carbonyl (C=O) groups excluding carboxylic acids is 1. The van der Waals surface area contributed by atoms with Crippen LogP contribution in [0.5, 0.6) is 0 Å². The van der Waals surface area contributed by atoms with Gasteiger partial charge in [0.15, 0.2) is 0 Å². The van der Waals surface area contributed by atoms with Gasteiger partial charge in [0, 0.05) is 18.7 Å². The summed E-state index contributed by atoms with van der Waals surface area (Å²) in [7, 11) is 0. The number of benzene rings is 1. The molecular weight excluding hydrogens is 186 g/mol. The Bertz CT molecular complexity index is 344. The van der Waals surface area contributed by atoms with Crippen LogP contribution in [0.1, 0.15) is 30.9 Å². The van der Waals surface area contributed by atoms with E-state index in [2.05, 4.69) is 37.4 Å². The highest BCUT2D eigenvalue weighted by Gasteiger charge is 1.96. The van der Waals surface area contributed by atoms with Gasteiger partial charge in [-0.3, -0.25) is 0 Å². The molecule has 0 aromatic heterocycles. The molecule has 0 aliphatic heterocycles. The Kier molecular flexibility index (Phi) is 4.35. The highest BCUT2D eigenvalue weighted by molar-refractivity contribution is 5.75. The Morgan fingerprint density at radius 3 is 2.60 bits per heavy atom. The summed E-state index contributed by atoms with van der Waals surface area (Å²) in [6.45, 7) is 6.71. The fourth-order valence-electron chi connectivity index (χ4n) is 1.42. The van der Waals surface area contributed by atoms with Crippen molar-refractivity contribution in [1.29, 1.82) is 0 Å². The Morgan fingerprint density at radius 1 is 1.27 bits per heavy atom. The van der Waals surface area contributed by atoms with E-state index in [0.29, 0.717) is 6.42 Å². The molecule has 0 aliphatic carbocycles. The monoisotopic (exact) mass is 205 g/mol. The first-order valence-electron chi connectivity index (χ1n) is 5.40. The highest BCUT2D eigenvalue weighted by atomic mass is 16.1. The molecule has 1 N–H and O–H groups in total. The average Bonchev–Trinajstić information content (AvgIpc) is 2.18. The fourth-order valence-corrected chi connectivity index (χ4v) is 1.42. The van der Waals surface area contributed by atoms with Crippen LogP contribution in [-0.2, 0) is 4.79 Å². The van der Waals surface area contributed by atoms with Gasteiger partial charge in [-0.15, -0.1) is 0 Å². The second-order valence-corrected chi connectivity index (χ2v) is 4.03. The third kappa shape index (κ3) is 4.15. The third-order valence-corrected chi connectivity index (χ3v) is 2.54. The van der Waals surface area contributed by atoms with E-state index in [4.69, 9.17) is 0 Å². The summed E-state index contributed by atoms with van der Waals surface area (Å²) in [4.78, 5) is 10.7. The number of Topliss-reactive ketones (excluding diaryl/α,β-unsaturated/α-hetero) is 1. The van der Waals surface area contributed by atoms with Crippen LogP contribution in [0, 0.1) is 13.8 Å². The zero-order chi connectivity index (χ0) is 11.3. The number of hydrogen-bond acceptors (Lipinski definition) is 2. The molecule has 0 atom stereocenters. The Balaban J connectivity index is 2.38. The van der Waals surface area contributed by atoms with E-state index >= 15 is 0 Å². The lowest BCUT2D eigenvalue weighted by molar-refractivity contribution is -0.117. The van der Waals surface area contributed by atoms with Crippen molar-refractivity contribution in [2.75, 3.05) is 11.9 Å². The summed E-state index contributed by atoms with van der Waals surface area (Å²) in [6.07, 6.45) is 1.57. The van der Waals surface area contributed by atoms with Gasteiger partial charge in [0.1, 0.15) is 5.78 Å². The molecule has 0 unspecified atom stereocenters. The lowest BCUT2D eigenvalue weighted by Gasteiger charge is -2.07. The van der Waals surface area contributed by atoms with Gasteiger partial charge in [0.2, 0.25) is 0 Å². The van der Waals surface area contributed by atoms with Crippen LogP contribution in [0.25, 0.3) is 0 Å². The van der Waals surface area contributed by atoms with E-state index in [9.17, 15) is 4.79 Å². The van der Waals surface area contributed by atoms with Crippen molar-refractivity contribution in [3.8, 4) is 0 Å². The number of carbonyl (C=O) groups is 1. The molecule has 15 heavy (non-hydrogen) atoms. The van der Waals surface area contributed by atoms with Crippen LogP contribution in [0.3, 0.4) is 0 Å². The highest BCUT2D eigenvalue weighted by Crippen LogP contribution is 2.13. The number of nitrogens with one attached hydrogen (secondary N) is 1. The molecule has 0 saturated heterocycles. The summed E-state index contributed by atoms with van der Waals surface area (Å²) >= 11 is 0. The maximum atomic E-state index is 10.7. The summed E-state index contributed by atoms with van der Waals surface area (Å²) in [5.74, 6) is 0.261. The van der Waals surface area contributed by atoms with Crippen molar-refractivity contribution in [2.24, 2.45) is 0 Å². The van der Waals surface area contributed by atoms with Gasteiger partial charge >= 0.3 is 0 Å². The number of anilines is 1. The standard InChI is InChI=1S/C13H19NO/c1-10-6-7-13(9-11(10)2)14-8-4-5-12(3)15/h6-7,9,14H,4-5,8H2,1-3H3. The summed E-state index contributed by atoms with van der Waals surface area (Å²) < 4.78 is 0. The second kappa shape index (κ2) is 5.54. The topological polar surface area (TPSA) is 29.1 Å². The minimum absolute atomic E-state index is 0.261. The smallest absolute Gasteiger partial charge is 0.129 e. The molecule has 0 amide bonds. The molecule has 1 aromatic rings. The van der Waals surface area contributed by atoms with E-state index in [1.807, 2.05) is 0 Å². The van der Waals surface area contributed by atoms with Crippen molar-refractivity contribution >= 4 is 11.5 Å². The molecule has 0 fully saturated rings. The van der Waals surface area contributed by atoms with Gasteiger partial charge in [-0.25, -0.2) is 0 Å². The van der Waals surface area contributed by atoms with Crippen LogP contribution in [-0.4, -0.2) is 12.3 Å². The Morgan fingerprint density at radius 2 is 2.00 bits per heavy atom. The number of aryl methyl sites for hydroxylation is 2. The molecule has 0 heterocycles. The predicted molar refractivity (Wildman–Crippen MR) is 64.3 cm³/mol. The zero-order valence-electron chi connectivity index (χ0n) is 9.76. The van der Waals surface area contributed by atoms with E-state index in [0.717, 1.165) is 18.7 Å². The first kappa shape index (κ1) is 11.8. The summed E-state index contributed by atoms with van der Waals surface area (Å²) in [5, 5.41) is 3.32. The van der Waals surface area contributed by atoms with Gasteiger partial charge in [-0.1, -0.05) is 6.07 Å². The van der Waals surface area contributed by atoms with Crippen LogP contribution in [0.15, 0.2) is 18.2 Å². The zero-order valence-corrected chi connectivity index (χ0v) is 9.76. The summed E-state index contributed by atoms with van der Waals surface area (Å²) in [5.41, 5.74) is 3.75. The molecule has 2 heteroatoms. The molecule has 82 valence electrons. The van der Waals surface area contributed by atoms with Gasteiger partial charge in [0.05, 0.1) is 0 Å². The third-order valence-electron chi connectivity index (χ3n) is 2.54. The molecule has 0 saturated carbocycles. The maximum absolute atomic E-state index is 10.7. The molecule has 0 spiro atoms. The van der Waals surface area contributed by atoms with Crippen LogP contribution in [0.4, 0.5) is 5.69 Å². The number of hydrogen-bond donors (Lipinski definition) is 1. The predicted octanol–water partition coefficient (Wildman–Crippen LogP) is 3.08.